The molecule has 6 heteroatoms. The van der Waals surface area contributed by atoms with Gasteiger partial charge in [-0.05, 0) is 18.9 Å². The van der Waals surface area contributed by atoms with Crippen LogP contribution in [0.25, 0.3) is 0 Å². The molecular weight excluding hydrogens is 276 g/mol. The lowest BCUT2D eigenvalue weighted by molar-refractivity contribution is -0.129. The normalized spacial score (nSPS) is 15.2. The van der Waals surface area contributed by atoms with Crippen LogP contribution in [0.2, 0.25) is 0 Å². The van der Waals surface area contributed by atoms with Gasteiger partial charge in [-0.3, -0.25) is 9.48 Å². The molecule has 1 aliphatic rings. The Morgan fingerprint density at radius 1 is 1.55 bits per heavy atom. The number of carbonyl (C=O) groups is 1. The zero-order valence-electron chi connectivity index (χ0n) is 11.5. The van der Waals surface area contributed by atoms with E-state index < -0.39 is 0 Å². The summed E-state index contributed by atoms with van der Waals surface area (Å²) < 4.78 is 2.04. The molecule has 0 saturated heterocycles. The van der Waals surface area contributed by atoms with Crippen molar-refractivity contribution in [1.29, 1.82) is 5.26 Å². The third-order valence-electron chi connectivity index (χ3n) is 3.74. The van der Waals surface area contributed by atoms with E-state index in [1.807, 2.05) is 10.7 Å². The van der Waals surface area contributed by atoms with Crippen LogP contribution in [0.4, 0.5) is 0 Å². The van der Waals surface area contributed by atoms with Crippen molar-refractivity contribution in [2.24, 2.45) is 0 Å². The number of nitrogens with zero attached hydrogens (tertiary/aromatic N) is 4. The lowest BCUT2D eigenvalue weighted by atomic mass is 10.2. The second kappa shape index (κ2) is 7.30. The zero-order chi connectivity index (χ0) is 14.4. The summed E-state index contributed by atoms with van der Waals surface area (Å²) in [7, 11) is 0. The van der Waals surface area contributed by atoms with Crippen molar-refractivity contribution < 1.29 is 4.79 Å². The van der Waals surface area contributed by atoms with E-state index >= 15 is 0 Å². The standard InChI is InChI=1S/C14H19ClN4O/c15-10-14(20)18(9-3-7-16)11-13-6-8-17-19(13)12-4-1-2-5-12/h6,8,12H,1-5,9-11H2. The van der Waals surface area contributed by atoms with Crippen molar-refractivity contribution in [1.82, 2.24) is 14.7 Å². The molecule has 0 atom stereocenters. The van der Waals surface area contributed by atoms with Crippen molar-refractivity contribution >= 4 is 17.5 Å². The molecule has 0 bridgehead atoms. The topological polar surface area (TPSA) is 61.9 Å². The Labute approximate surface area is 124 Å². The summed E-state index contributed by atoms with van der Waals surface area (Å²) in [6.07, 6.45) is 6.87. The molecule has 0 radical (unpaired) electrons. The highest BCUT2D eigenvalue weighted by atomic mass is 35.5. The van der Waals surface area contributed by atoms with E-state index in [0.29, 0.717) is 25.6 Å². The number of aromatic nitrogens is 2. The number of halogens is 1. The lowest BCUT2D eigenvalue weighted by Crippen LogP contribution is -2.33. The highest BCUT2D eigenvalue weighted by Gasteiger charge is 2.21. The number of hydrogen-bond acceptors (Lipinski definition) is 3. The molecule has 5 nitrogen and oxygen atoms in total. The first-order valence-electron chi connectivity index (χ1n) is 6.99. The molecule has 1 heterocycles. The molecule has 0 spiro atoms. The number of amides is 1. The molecule has 0 aromatic carbocycles. The molecule has 1 amide bonds. The first kappa shape index (κ1) is 14.9. The van der Waals surface area contributed by atoms with Gasteiger partial charge in [0.15, 0.2) is 0 Å². The number of alkyl halides is 1. The zero-order valence-corrected chi connectivity index (χ0v) is 12.2. The molecule has 0 unspecified atom stereocenters. The maximum Gasteiger partial charge on any atom is 0.237 e. The van der Waals surface area contributed by atoms with Gasteiger partial charge in [-0.15, -0.1) is 11.6 Å². The second-order valence-corrected chi connectivity index (χ2v) is 5.33. The Hall–Kier alpha value is -1.54. The summed E-state index contributed by atoms with van der Waals surface area (Å²) in [6.45, 7) is 0.891. The van der Waals surface area contributed by atoms with E-state index in [4.69, 9.17) is 16.9 Å². The van der Waals surface area contributed by atoms with Gasteiger partial charge in [-0.2, -0.15) is 10.4 Å². The van der Waals surface area contributed by atoms with Crippen LogP contribution in [0.1, 0.15) is 43.8 Å². The van der Waals surface area contributed by atoms with Crippen LogP contribution in [-0.2, 0) is 11.3 Å². The van der Waals surface area contributed by atoms with Crippen molar-refractivity contribution in [2.75, 3.05) is 12.4 Å². The smallest absolute Gasteiger partial charge is 0.237 e. The molecule has 1 aromatic heterocycles. The predicted molar refractivity (Wildman–Crippen MR) is 76.1 cm³/mol. The van der Waals surface area contributed by atoms with Gasteiger partial charge in [0, 0.05) is 12.7 Å². The predicted octanol–water partition coefficient (Wildman–Crippen LogP) is 2.48. The molecule has 20 heavy (non-hydrogen) atoms. The third kappa shape index (κ3) is 3.51. The number of nitriles is 1. The quantitative estimate of drug-likeness (QED) is 0.757. The van der Waals surface area contributed by atoms with E-state index in [-0.39, 0.29) is 11.8 Å². The molecule has 0 N–H and O–H groups in total. The van der Waals surface area contributed by atoms with E-state index in [1.165, 1.54) is 12.8 Å². The summed E-state index contributed by atoms with van der Waals surface area (Å²) in [5.41, 5.74) is 1.02. The minimum Gasteiger partial charge on any atom is -0.335 e. The van der Waals surface area contributed by atoms with Crippen molar-refractivity contribution in [2.45, 2.75) is 44.7 Å². The molecular formula is C14H19ClN4O. The van der Waals surface area contributed by atoms with Crippen LogP contribution in [0.15, 0.2) is 12.3 Å². The van der Waals surface area contributed by atoms with Crippen molar-refractivity contribution in [3.63, 3.8) is 0 Å². The van der Waals surface area contributed by atoms with Gasteiger partial charge in [-0.1, -0.05) is 12.8 Å². The Bertz CT molecular complexity index is 488. The third-order valence-corrected chi connectivity index (χ3v) is 3.96. The van der Waals surface area contributed by atoms with Crippen LogP contribution in [-0.4, -0.2) is 33.0 Å². The van der Waals surface area contributed by atoms with Crippen LogP contribution in [0.5, 0.6) is 0 Å². The van der Waals surface area contributed by atoms with E-state index in [9.17, 15) is 4.79 Å². The highest BCUT2D eigenvalue weighted by molar-refractivity contribution is 6.27. The number of rotatable bonds is 6. The number of hydrogen-bond donors (Lipinski definition) is 0. The average Bonchev–Trinajstić information content (AvgIpc) is 3.12. The van der Waals surface area contributed by atoms with Gasteiger partial charge in [0.1, 0.15) is 5.88 Å². The molecule has 1 aliphatic carbocycles. The summed E-state index contributed by atoms with van der Waals surface area (Å²) in [5.74, 6) is -0.190. The Kier molecular flexibility index (Phi) is 5.42. The minimum atomic E-state index is -0.138. The summed E-state index contributed by atoms with van der Waals surface area (Å²) in [4.78, 5) is 13.5. The van der Waals surface area contributed by atoms with Gasteiger partial charge in [0.25, 0.3) is 0 Å². The van der Waals surface area contributed by atoms with Crippen LogP contribution in [0, 0.1) is 11.3 Å². The van der Waals surface area contributed by atoms with Gasteiger partial charge in [0.2, 0.25) is 5.91 Å². The molecule has 1 saturated carbocycles. The minimum absolute atomic E-state index is 0.0526. The van der Waals surface area contributed by atoms with E-state index in [2.05, 4.69) is 11.2 Å². The summed E-state index contributed by atoms with van der Waals surface area (Å²) in [5, 5.41) is 13.1. The van der Waals surface area contributed by atoms with E-state index in [0.717, 1.165) is 18.5 Å². The van der Waals surface area contributed by atoms with Crippen molar-refractivity contribution in [3.8, 4) is 6.07 Å². The first-order chi connectivity index (χ1) is 9.76. The highest BCUT2D eigenvalue weighted by Crippen LogP contribution is 2.30. The molecule has 2 rings (SSSR count). The maximum absolute atomic E-state index is 11.8. The van der Waals surface area contributed by atoms with Crippen LogP contribution in [0.3, 0.4) is 0 Å². The van der Waals surface area contributed by atoms with Crippen molar-refractivity contribution in [3.05, 3.63) is 18.0 Å². The summed E-state index contributed by atoms with van der Waals surface area (Å²) >= 11 is 5.64. The molecule has 0 aliphatic heterocycles. The first-order valence-corrected chi connectivity index (χ1v) is 7.52. The molecule has 108 valence electrons. The Morgan fingerprint density at radius 2 is 2.30 bits per heavy atom. The largest absolute Gasteiger partial charge is 0.335 e. The monoisotopic (exact) mass is 294 g/mol. The average molecular weight is 295 g/mol. The SMILES string of the molecule is N#CCCN(Cc1ccnn1C1CCCC1)C(=O)CCl. The van der Waals surface area contributed by atoms with E-state index in [1.54, 1.807) is 11.1 Å². The Morgan fingerprint density at radius 3 is 2.95 bits per heavy atom. The Balaban J connectivity index is 2.08. The van der Waals surface area contributed by atoms with Gasteiger partial charge in [0.05, 0.1) is 30.8 Å². The van der Waals surface area contributed by atoms with Crippen LogP contribution >= 0.6 is 11.6 Å². The number of carbonyl (C=O) groups excluding carboxylic acids is 1. The fraction of sp³-hybridized carbons (Fsp3) is 0.643. The second-order valence-electron chi connectivity index (χ2n) is 5.06. The molecule has 1 aromatic rings. The van der Waals surface area contributed by atoms with Gasteiger partial charge < -0.3 is 4.90 Å². The summed E-state index contributed by atoms with van der Waals surface area (Å²) in [6, 6.07) is 4.46. The van der Waals surface area contributed by atoms with Crippen LogP contribution < -0.4 is 0 Å². The van der Waals surface area contributed by atoms with Gasteiger partial charge in [-0.25, -0.2) is 0 Å². The van der Waals surface area contributed by atoms with Gasteiger partial charge >= 0.3 is 0 Å². The maximum atomic E-state index is 11.8. The molecule has 1 fully saturated rings. The fourth-order valence-corrected chi connectivity index (χ4v) is 2.87. The lowest BCUT2D eigenvalue weighted by Gasteiger charge is -2.22. The fourth-order valence-electron chi connectivity index (χ4n) is 2.70.